The average Bonchev–Trinajstić information content (AvgIpc) is 2.40. The van der Waals surface area contributed by atoms with E-state index in [1.807, 2.05) is 0 Å². The number of hydrogen-bond acceptors (Lipinski definition) is 3. The first-order valence-electron chi connectivity index (χ1n) is 5.32. The van der Waals surface area contributed by atoms with E-state index in [1.165, 1.54) is 0 Å². The monoisotopic (exact) mass is 342 g/mol. The highest BCUT2D eigenvalue weighted by molar-refractivity contribution is 9.10. The molecule has 0 aliphatic rings. The van der Waals surface area contributed by atoms with Crippen molar-refractivity contribution in [1.82, 2.24) is 4.98 Å². The third kappa shape index (κ3) is 3.27. The van der Waals surface area contributed by atoms with E-state index < -0.39 is 11.9 Å². The van der Waals surface area contributed by atoms with Gasteiger partial charge < -0.3 is 4.74 Å². The van der Waals surface area contributed by atoms with Gasteiger partial charge in [0, 0.05) is 4.47 Å². The van der Waals surface area contributed by atoms with Crippen molar-refractivity contribution >= 4 is 15.9 Å². The van der Waals surface area contributed by atoms with Gasteiger partial charge in [-0.3, -0.25) is 0 Å². The summed E-state index contributed by atoms with van der Waals surface area (Å²) in [5, 5.41) is 8.88. The van der Waals surface area contributed by atoms with Crippen LogP contribution in [0.2, 0.25) is 0 Å². The summed E-state index contributed by atoms with van der Waals surface area (Å²) in [5.74, 6) is -0.0822. The Labute approximate surface area is 120 Å². The van der Waals surface area contributed by atoms with E-state index >= 15 is 0 Å². The summed E-state index contributed by atoms with van der Waals surface area (Å²) in [6.45, 7) is 0. The Morgan fingerprint density at radius 2 is 1.75 bits per heavy atom. The smallest absolute Gasteiger partial charge is 0.433 e. The lowest BCUT2D eigenvalue weighted by atomic mass is 10.2. The van der Waals surface area contributed by atoms with Gasteiger partial charge in [0.15, 0.2) is 0 Å². The van der Waals surface area contributed by atoms with Gasteiger partial charge >= 0.3 is 6.18 Å². The Kier molecular flexibility index (Phi) is 3.95. The SMILES string of the molecule is N#Cc1ccc(C(F)(F)F)nc1Oc1ccc(Br)cc1. The normalized spacial score (nSPS) is 10.9. The minimum Gasteiger partial charge on any atom is -0.438 e. The molecule has 20 heavy (non-hydrogen) atoms. The van der Waals surface area contributed by atoms with Gasteiger partial charge in [-0.05, 0) is 36.4 Å². The van der Waals surface area contributed by atoms with E-state index in [0.29, 0.717) is 0 Å². The molecule has 1 aromatic heterocycles. The molecule has 2 aromatic rings. The molecule has 0 fully saturated rings. The second kappa shape index (κ2) is 5.51. The van der Waals surface area contributed by atoms with Crippen LogP contribution in [0, 0.1) is 11.3 Å². The van der Waals surface area contributed by atoms with E-state index in [2.05, 4.69) is 20.9 Å². The Balaban J connectivity index is 2.39. The molecule has 0 spiro atoms. The molecule has 0 unspecified atom stereocenters. The van der Waals surface area contributed by atoms with Crippen molar-refractivity contribution in [3.63, 3.8) is 0 Å². The van der Waals surface area contributed by atoms with Gasteiger partial charge in [0.05, 0.1) is 0 Å². The Morgan fingerprint density at radius 3 is 2.30 bits per heavy atom. The second-order valence-electron chi connectivity index (χ2n) is 3.71. The van der Waals surface area contributed by atoms with Crippen LogP contribution in [0.5, 0.6) is 11.6 Å². The summed E-state index contributed by atoms with van der Waals surface area (Å²) in [7, 11) is 0. The number of alkyl halides is 3. The highest BCUT2D eigenvalue weighted by Gasteiger charge is 2.33. The van der Waals surface area contributed by atoms with Gasteiger partial charge in [-0.1, -0.05) is 15.9 Å². The van der Waals surface area contributed by atoms with Crippen molar-refractivity contribution in [2.24, 2.45) is 0 Å². The van der Waals surface area contributed by atoms with E-state index in [0.717, 1.165) is 16.6 Å². The molecular weight excluding hydrogens is 337 g/mol. The predicted octanol–water partition coefficient (Wildman–Crippen LogP) is 4.53. The highest BCUT2D eigenvalue weighted by Crippen LogP contribution is 2.31. The Morgan fingerprint density at radius 1 is 1.10 bits per heavy atom. The fraction of sp³-hybridized carbons (Fsp3) is 0.0769. The molecule has 1 aromatic carbocycles. The van der Waals surface area contributed by atoms with Crippen LogP contribution < -0.4 is 4.74 Å². The minimum atomic E-state index is -4.59. The van der Waals surface area contributed by atoms with Gasteiger partial charge in [-0.25, -0.2) is 4.98 Å². The zero-order valence-electron chi connectivity index (χ0n) is 9.78. The number of ether oxygens (including phenoxy) is 1. The number of nitriles is 1. The van der Waals surface area contributed by atoms with Gasteiger partial charge in [0.25, 0.3) is 0 Å². The van der Waals surface area contributed by atoms with E-state index in [9.17, 15) is 13.2 Å². The molecule has 3 nitrogen and oxygen atoms in total. The fourth-order valence-corrected chi connectivity index (χ4v) is 1.64. The lowest BCUT2D eigenvalue weighted by Gasteiger charge is -2.10. The van der Waals surface area contributed by atoms with Crippen molar-refractivity contribution in [3.8, 4) is 17.7 Å². The van der Waals surface area contributed by atoms with Crippen molar-refractivity contribution in [2.75, 3.05) is 0 Å². The maximum atomic E-state index is 12.6. The summed E-state index contributed by atoms with van der Waals surface area (Å²) in [6, 6.07) is 9.94. The molecule has 0 amide bonds. The van der Waals surface area contributed by atoms with Crippen LogP contribution >= 0.6 is 15.9 Å². The van der Waals surface area contributed by atoms with Crippen LogP contribution in [0.3, 0.4) is 0 Å². The number of rotatable bonds is 2. The van der Waals surface area contributed by atoms with Gasteiger partial charge in [0.2, 0.25) is 5.88 Å². The quantitative estimate of drug-likeness (QED) is 0.805. The largest absolute Gasteiger partial charge is 0.438 e. The van der Waals surface area contributed by atoms with Crippen LogP contribution in [-0.2, 0) is 6.18 Å². The summed E-state index contributed by atoms with van der Waals surface area (Å²) >= 11 is 3.22. The average molecular weight is 343 g/mol. The second-order valence-corrected chi connectivity index (χ2v) is 4.63. The van der Waals surface area contributed by atoms with E-state index in [-0.39, 0.29) is 17.2 Å². The van der Waals surface area contributed by atoms with Crippen LogP contribution in [0.25, 0.3) is 0 Å². The molecule has 0 saturated heterocycles. The molecule has 0 saturated carbocycles. The summed E-state index contributed by atoms with van der Waals surface area (Å²) in [6.07, 6.45) is -4.59. The van der Waals surface area contributed by atoms with Crippen molar-refractivity contribution in [3.05, 3.63) is 52.1 Å². The number of halogens is 4. The summed E-state index contributed by atoms with van der Waals surface area (Å²) in [5.41, 5.74) is -1.18. The number of aromatic nitrogens is 1. The number of hydrogen-bond donors (Lipinski definition) is 0. The maximum Gasteiger partial charge on any atom is 0.433 e. The fourth-order valence-electron chi connectivity index (χ4n) is 1.38. The van der Waals surface area contributed by atoms with Crippen LogP contribution in [0.4, 0.5) is 13.2 Å². The summed E-state index contributed by atoms with van der Waals surface area (Å²) in [4.78, 5) is 3.35. The third-order valence-corrected chi connectivity index (χ3v) is 2.83. The maximum absolute atomic E-state index is 12.6. The molecule has 0 N–H and O–H groups in total. The van der Waals surface area contributed by atoms with Crippen LogP contribution in [0.1, 0.15) is 11.3 Å². The summed E-state index contributed by atoms with van der Waals surface area (Å²) < 4.78 is 43.8. The van der Waals surface area contributed by atoms with Crippen molar-refractivity contribution in [2.45, 2.75) is 6.18 Å². The van der Waals surface area contributed by atoms with Crippen LogP contribution in [0.15, 0.2) is 40.9 Å². The van der Waals surface area contributed by atoms with E-state index in [1.54, 1.807) is 30.3 Å². The molecule has 2 rings (SSSR count). The van der Waals surface area contributed by atoms with E-state index in [4.69, 9.17) is 10.00 Å². The first-order valence-corrected chi connectivity index (χ1v) is 6.11. The van der Waals surface area contributed by atoms with Crippen molar-refractivity contribution < 1.29 is 17.9 Å². The zero-order chi connectivity index (χ0) is 14.8. The number of pyridine rings is 1. The third-order valence-electron chi connectivity index (χ3n) is 2.30. The van der Waals surface area contributed by atoms with Crippen LogP contribution in [-0.4, -0.2) is 4.98 Å². The standard InChI is InChI=1S/C13H6BrF3N2O/c14-9-2-4-10(5-3-9)20-12-8(7-18)1-6-11(19-12)13(15,16)17/h1-6H. The molecule has 0 bridgehead atoms. The first-order chi connectivity index (χ1) is 9.40. The zero-order valence-corrected chi connectivity index (χ0v) is 11.4. The first kappa shape index (κ1) is 14.3. The molecular formula is C13H6BrF3N2O. The predicted molar refractivity (Wildman–Crippen MR) is 68.2 cm³/mol. The molecule has 7 heteroatoms. The van der Waals surface area contributed by atoms with Gasteiger partial charge in [-0.2, -0.15) is 18.4 Å². The molecule has 1 heterocycles. The Hall–Kier alpha value is -2.07. The topological polar surface area (TPSA) is 45.9 Å². The number of benzene rings is 1. The lowest BCUT2D eigenvalue weighted by molar-refractivity contribution is -0.141. The Bertz CT molecular complexity index is 663. The van der Waals surface area contributed by atoms with Crippen molar-refractivity contribution in [1.29, 1.82) is 5.26 Å². The molecule has 0 radical (unpaired) electrons. The molecule has 0 atom stereocenters. The van der Waals surface area contributed by atoms with Gasteiger partial charge in [0.1, 0.15) is 23.1 Å². The molecule has 102 valence electrons. The molecule has 0 aliphatic heterocycles. The minimum absolute atomic E-state index is 0.0686. The van der Waals surface area contributed by atoms with Gasteiger partial charge in [-0.15, -0.1) is 0 Å². The highest BCUT2D eigenvalue weighted by atomic mass is 79.9. The lowest BCUT2D eigenvalue weighted by Crippen LogP contribution is -2.09. The number of nitrogens with zero attached hydrogens (tertiary/aromatic N) is 2. The molecule has 0 aliphatic carbocycles.